The fourth-order valence-corrected chi connectivity index (χ4v) is 14.4. The number of nitrogens with zero attached hydrogens (tertiary/aromatic N) is 1. The second kappa shape index (κ2) is 5.68. The molecule has 112 valence electrons. The van der Waals surface area contributed by atoms with Crippen LogP contribution in [0, 0.1) is 0 Å². The topological polar surface area (TPSA) is 4.93 Å². The van der Waals surface area contributed by atoms with Crippen molar-refractivity contribution < 1.29 is 0 Å². The normalized spacial score (nSPS) is 13.1. The highest BCUT2D eigenvalue weighted by Gasteiger charge is 2.32. The Balaban J connectivity index is 3.70. The third-order valence-electron chi connectivity index (χ3n) is 3.32. The van der Waals surface area contributed by atoms with E-state index in [1.807, 2.05) is 0 Å². The molecule has 0 aromatic carbocycles. The molecule has 1 aromatic heterocycles. The Morgan fingerprint density at radius 1 is 0.700 bits per heavy atom. The average Bonchev–Trinajstić information content (AvgIpc) is 2.64. The van der Waals surface area contributed by atoms with Crippen LogP contribution in [0.3, 0.4) is 0 Å². The first-order chi connectivity index (χ1) is 8.83. The number of aromatic nitrogens is 1. The van der Waals surface area contributed by atoms with Gasteiger partial charge in [-0.3, -0.25) is 0 Å². The van der Waals surface area contributed by atoms with Gasteiger partial charge in [-0.05, 0) is 12.1 Å². The molecule has 4 heteroatoms. The second-order valence-corrected chi connectivity index (χ2v) is 24.2. The molecule has 0 N–H and O–H groups in total. The smallest absolute Gasteiger partial charge is 0.109 e. The van der Waals surface area contributed by atoms with Gasteiger partial charge in [-0.1, -0.05) is 63.7 Å². The Bertz CT molecular complexity index is 498. The van der Waals surface area contributed by atoms with Gasteiger partial charge in [-0.2, -0.15) is 0 Å². The Morgan fingerprint density at radius 3 is 1.40 bits per heavy atom. The molecular formula is C16H31NSi3. The van der Waals surface area contributed by atoms with Crippen molar-refractivity contribution in [2.75, 3.05) is 0 Å². The zero-order valence-electron chi connectivity index (χ0n) is 14.8. The lowest BCUT2D eigenvalue weighted by atomic mass is 10.7. The van der Waals surface area contributed by atoms with Crippen molar-refractivity contribution in [3.63, 3.8) is 0 Å². The summed E-state index contributed by atoms with van der Waals surface area (Å²) in [6.07, 6.45) is 4.35. The second-order valence-electron chi connectivity index (χ2n) is 8.69. The van der Waals surface area contributed by atoms with E-state index >= 15 is 0 Å². The lowest BCUT2D eigenvalue weighted by molar-refractivity contribution is 1.14. The highest BCUT2D eigenvalue weighted by molar-refractivity contribution is 7.05. The quantitative estimate of drug-likeness (QED) is 0.510. The molecule has 0 fully saturated rings. The Kier molecular flexibility index (Phi) is 4.97. The fraction of sp³-hybridized carbons (Fsp3) is 0.562. The summed E-state index contributed by atoms with van der Waals surface area (Å²) >= 11 is 0. The van der Waals surface area contributed by atoms with E-state index in [9.17, 15) is 0 Å². The predicted molar refractivity (Wildman–Crippen MR) is 101 cm³/mol. The first-order valence-corrected chi connectivity index (χ1v) is 18.0. The van der Waals surface area contributed by atoms with E-state index in [2.05, 4.69) is 93.7 Å². The van der Waals surface area contributed by atoms with Gasteiger partial charge in [0.15, 0.2) is 0 Å². The predicted octanol–water partition coefficient (Wildman–Crippen LogP) is 5.49. The van der Waals surface area contributed by atoms with Gasteiger partial charge in [0.2, 0.25) is 0 Å². The maximum atomic E-state index is 3.96. The average molecular weight is 322 g/mol. The third kappa shape index (κ3) is 4.48. The molecule has 1 nitrogen and oxygen atoms in total. The van der Waals surface area contributed by atoms with Crippen LogP contribution in [-0.2, 0) is 0 Å². The van der Waals surface area contributed by atoms with Gasteiger partial charge in [0.25, 0.3) is 0 Å². The highest BCUT2D eigenvalue weighted by Crippen LogP contribution is 2.27. The highest BCUT2D eigenvalue weighted by atomic mass is 28.4. The number of hydrogen-bond acceptors (Lipinski definition) is 0. The maximum Gasteiger partial charge on any atom is 0.109 e. The van der Waals surface area contributed by atoms with E-state index < -0.39 is 24.2 Å². The van der Waals surface area contributed by atoms with Crippen molar-refractivity contribution in [2.24, 2.45) is 0 Å². The lowest BCUT2D eigenvalue weighted by Crippen LogP contribution is -2.40. The van der Waals surface area contributed by atoms with Crippen molar-refractivity contribution in [1.29, 1.82) is 0 Å². The van der Waals surface area contributed by atoms with E-state index in [0.29, 0.717) is 0 Å². The van der Waals surface area contributed by atoms with E-state index in [1.165, 1.54) is 5.32 Å². The molecule has 0 aliphatic heterocycles. The summed E-state index contributed by atoms with van der Waals surface area (Å²) in [7, 11) is -4.06. The zero-order chi connectivity index (χ0) is 15.8. The molecule has 0 amide bonds. The van der Waals surface area contributed by atoms with Crippen LogP contribution in [0.1, 0.15) is 0 Å². The lowest BCUT2D eigenvalue weighted by Gasteiger charge is -2.30. The van der Waals surface area contributed by atoms with Gasteiger partial charge < -0.3 is 4.57 Å². The van der Waals surface area contributed by atoms with E-state index in [0.717, 1.165) is 0 Å². The minimum absolute atomic E-state index is 1.32. The summed E-state index contributed by atoms with van der Waals surface area (Å²) in [4.78, 5) is 1.68. The van der Waals surface area contributed by atoms with Gasteiger partial charge in [0.1, 0.15) is 8.07 Å². The summed E-state index contributed by atoms with van der Waals surface area (Å²) in [5.74, 6) is 0. The molecule has 1 aromatic rings. The molecule has 20 heavy (non-hydrogen) atoms. The minimum Gasteiger partial charge on any atom is -0.325 e. The Labute approximate surface area is 128 Å². The van der Waals surface area contributed by atoms with Gasteiger partial charge in [0, 0.05) is 17.7 Å². The van der Waals surface area contributed by atoms with Gasteiger partial charge in [0.05, 0.1) is 16.1 Å². The molecule has 0 saturated carbocycles. The van der Waals surface area contributed by atoms with Crippen LogP contribution in [0.2, 0.25) is 58.9 Å². The number of rotatable bonds is 4. The first kappa shape index (κ1) is 17.5. The van der Waals surface area contributed by atoms with Crippen LogP contribution in [0.15, 0.2) is 35.1 Å². The van der Waals surface area contributed by atoms with Crippen LogP contribution in [-0.4, -0.2) is 28.8 Å². The minimum atomic E-state index is -1.42. The Morgan fingerprint density at radius 2 is 1.10 bits per heavy atom. The number of hydrogen-bond donors (Lipinski definition) is 0. The molecule has 1 heterocycles. The van der Waals surface area contributed by atoms with Crippen molar-refractivity contribution in [3.05, 3.63) is 35.1 Å². The third-order valence-corrected chi connectivity index (χ3v) is 12.9. The maximum absolute atomic E-state index is 3.96. The van der Waals surface area contributed by atoms with Crippen LogP contribution >= 0.6 is 0 Å². The van der Waals surface area contributed by atoms with Crippen molar-refractivity contribution >= 4 is 29.5 Å². The summed E-state index contributed by atoms with van der Waals surface area (Å²) in [6, 6.07) is 4.23. The fourth-order valence-electron chi connectivity index (χ4n) is 2.74. The molecule has 0 atom stereocenters. The van der Waals surface area contributed by atoms with Crippen LogP contribution in [0.5, 0.6) is 0 Å². The molecule has 0 bridgehead atoms. The van der Waals surface area contributed by atoms with Gasteiger partial charge in [-0.15, -0.1) is 5.73 Å². The monoisotopic (exact) mass is 321 g/mol. The van der Waals surface area contributed by atoms with Crippen LogP contribution < -0.4 is 0 Å². The summed E-state index contributed by atoms with van der Waals surface area (Å²) in [5, 5.41) is 1.43. The molecule has 0 radical (unpaired) electrons. The molecule has 1 rings (SSSR count). The van der Waals surface area contributed by atoms with E-state index in [-0.39, 0.29) is 0 Å². The molecule has 0 aliphatic rings. The van der Waals surface area contributed by atoms with E-state index in [1.54, 1.807) is 4.82 Å². The van der Waals surface area contributed by atoms with E-state index in [4.69, 9.17) is 0 Å². The molecular weight excluding hydrogens is 290 g/mol. The van der Waals surface area contributed by atoms with Gasteiger partial charge >= 0.3 is 0 Å². The molecule has 0 saturated heterocycles. The largest absolute Gasteiger partial charge is 0.325 e. The summed E-state index contributed by atoms with van der Waals surface area (Å²) in [6.45, 7) is 22.0. The van der Waals surface area contributed by atoms with Crippen molar-refractivity contribution in [2.45, 2.75) is 58.9 Å². The van der Waals surface area contributed by atoms with Crippen LogP contribution in [0.4, 0.5) is 0 Å². The molecule has 0 unspecified atom stereocenters. The van der Waals surface area contributed by atoms with Crippen LogP contribution in [0.25, 0.3) is 5.32 Å². The summed E-state index contributed by atoms with van der Waals surface area (Å²) in [5.41, 5.74) is 3.96. The zero-order valence-corrected chi connectivity index (χ0v) is 17.8. The molecule has 0 spiro atoms. The standard InChI is InChI=1S/C16H31NSi3/c1-18(2,3)15(17-12-10-11-13-17)14-16(19(4,5)6)20(7,8)9/h10-13H,1-9H3. The first-order valence-electron chi connectivity index (χ1n) is 7.49. The van der Waals surface area contributed by atoms with Crippen molar-refractivity contribution in [1.82, 2.24) is 4.57 Å². The molecule has 0 aliphatic carbocycles. The van der Waals surface area contributed by atoms with Crippen molar-refractivity contribution in [3.8, 4) is 0 Å². The van der Waals surface area contributed by atoms with Gasteiger partial charge in [-0.25, -0.2) is 0 Å². The Hall–Kier alpha value is -0.549. The summed E-state index contributed by atoms with van der Waals surface area (Å²) < 4.78 is 2.30. The SMILES string of the molecule is C[Si](C)(C)C(=C=C([Si](C)(C)C)[Si](C)(C)C)n1cccc1.